The molecule has 1 amide bonds. The lowest BCUT2D eigenvalue weighted by molar-refractivity contribution is 0.102. The predicted molar refractivity (Wildman–Crippen MR) is 93.1 cm³/mol. The summed E-state index contributed by atoms with van der Waals surface area (Å²) in [4.78, 5) is 20.8. The van der Waals surface area contributed by atoms with E-state index in [0.29, 0.717) is 41.3 Å². The minimum Gasteiger partial charge on any atom is -0.495 e. The van der Waals surface area contributed by atoms with Crippen molar-refractivity contribution in [3.63, 3.8) is 0 Å². The zero-order valence-electron chi connectivity index (χ0n) is 13.7. The van der Waals surface area contributed by atoms with Crippen molar-refractivity contribution in [3.8, 4) is 5.75 Å². The van der Waals surface area contributed by atoms with Gasteiger partial charge in [0, 0.05) is 25.0 Å². The van der Waals surface area contributed by atoms with Crippen molar-refractivity contribution in [2.45, 2.75) is 6.92 Å². The lowest BCUT2D eigenvalue weighted by Crippen LogP contribution is -2.17. The standard InChI is InChI=1S/C16H19ClN4O3/c1-10-8-13(21-16(19-10)18-6-7-23-2)15(22)20-11-4-5-14(24-3)12(17)9-11/h4-5,8-9H,6-7H2,1-3H3,(H,20,22)(H,18,19,21). The summed E-state index contributed by atoms with van der Waals surface area (Å²) < 4.78 is 10.0. The Morgan fingerprint density at radius 2 is 2.04 bits per heavy atom. The first-order chi connectivity index (χ1) is 11.5. The minimum absolute atomic E-state index is 0.259. The molecule has 0 fully saturated rings. The van der Waals surface area contributed by atoms with E-state index in [-0.39, 0.29) is 11.6 Å². The Hall–Kier alpha value is -2.38. The maximum atomic E-state index is 12.4. The molecule has 1 heterocycles. The second kappa shape index (κ2) is 8.47. The Morgan fingerprint density at radius 3 is 2.71 bits per heavy atom. The summed E-state index contributed by atoms with van der Waals surface area (Å²) >= 11 is 6.06. The molecular weight excluding hydrogens is 332 g/mol. The number of amides is 1. The van der Waals surface area contributed by atoms with Crippen LogP contribution in [0.15, 0.2) is 24.3 Å². The van der Waals surface area contributed by atoms with E-state index in [0.717, 1.165) is 0 Å². The second-order valence-electron chi connectivity index (χ2n) is 4.94. The number of methoxy groups -OCH3 is 2. The molecule has 1 aromatic carbocycles. The number of aromatic nitrogens is 2. The summed E-state index contributed by atoms with van der Waals surface area (Å²) in [7, 11) is 3.14. The zero-order chi connectivity index (χ0) is 17.5. The van der Waals surface area contributed by atoms with Gasteiger partial charge in [-0.1, -0.05) is 11.6 Å². The van der Waals surface area contributed by atoms with Gasteiger partial charge < -0.3 is 20.1 Å². The number of nitrogens with one attached hydrogen (secondary N) is 2. The van der Waals surface area contributed by atoms with E-state index < -0.39 is 0 Å². The molecule has 2 aromatic rings. The van der Waals surface area contributed by atoms with Crippen molar-refractivity contribution in [3.05, 3.63) is 40.7 Å². The van der Waals surface area contributed by atoms with Gasteiger partial charge in [0.2, 0.25) is 5.95 Å². The largest absolute Gasteiger partial charge is 0.495 e. The number of carbonyl (C=O) groups excluding carboxylic acids is 1. The number of hydrogen-bond donors (Lipinski definition) is 2. The van der Waals surface area contributed by atoms with Crippen LogP contribution in [0.2, 0.25) is 5.02 Å². The van der Waals surface area contributed by atoms with Crippen LogP contribution < -0.4 is 15.4 Å². The average molecular weight is 351 g/mol. The van der Waals surface area contributed by atoms with Crippen LogP contribution in [0.1, 0.15) is 16.2 Å². The number of anilines is 2. The first-order valence-electron chi connectivity index (χ1n) is 7.27. The van der Waals surface area contributed by atoms with Gasteiger partial charge in [0.15, 0.2) is 0 Å². The molecule has 0 saturated heterocycles. The van der Waals surface area contributed by atoms with Crippen molar-refractivity contribution >= 4 is 29.1 Å². The number of aryl methyl sites for hydroxylation is 1. The maximum Gasteiger partial charge on any atom is 0.274 e. The van der Waals surface area contributed by atoms with Gasteiger partial charge >= 0.3 is 0 Å². The van der Waals surface area contributed by atoms with E-state index in [1.54, 1.807) is 38.3 Å². The highest BCUT2D eigenvalue weighted by molar-refractivity contribution is 6.32. The van der Waals surface area contributed by atoms with Gasteiger partial charge in [0.05, 0.1) is 18.7 Å². The van der Waals surface area contributed by atoms with E-state index >= 15 is 0 Å². The third kappa shape index (κ3) is 4.81. The molecule has 0 bridgehead atoms. The highest BCUT2D eigenvalue weighted by Gasteiger charge is 2.12. The van der Waals surface area contributed by atoms with Gasteiger partial charge in [-0.05, 0) is 31.2 Å². The van der Waals surface area contributed by atoms with Crippen LogP contribution in [0.5, 0.6) is 5.75 Å². The number of halogens is 1. The SMILES string of the molecule is COCCNc1nc(C)cc(C(=O)Nc2ccc(OC)c(Cl)c2)n1. The quantitative estimate of drug-likeness (QED) is 0.747. The Morgan fingerprint density at radius 1 is 1.25 bits per heavy atom. The van der Waals surface area contributed by atoms with E-state index in [1.807, 2.05) is 0 Å². The number of carbonyl (C=O) groups is 1. The smallest absolute Gasteiger partial charge is 0.274 e. The normalized spacial score (nSPS) is 10.3. The number of nitrogens with zero attached hydrogens (tertiary/aromatic N) is 2. The van der Waals surface area contributed by atoms with Gasteiger partial charge in [-0.25, -0.2) is 9.97 Å². The molecule has 0 spiro atoms. The zero-order valence-corrected chi connectivity index (χ0v) is 14.5. The summed E-state index contributed by atoms with van der Waals surface area (Å²) in [5, 5.41) is 6.17. The Bertz CT molecular complexity index is 724. The molecule has 2 N–H and O–H groups in total. The highest BCUT2D eigenvalue weighted by atomic mass is 35.5. The second-order valence-corrected chi connectivity index (χ2v) is 5.35. The van der Waals surface area contributed by atoms with E-state index in [1.165, 1.54) is 7.11 Å². The van der Waals surface area contributed by atoms with Crippen LogP contribution in [0, 0.1) is 6.92 Å². The molecule has 128 valence electrons. The predicted octanol–water partition coefficient (Wildman–Crippen LogP) is 2.76. The van der Waals surface area contributed by atoms with Crippen molar-refractivity contribution < 1.29 is 14.3 Å². The fraction of sp³-hybridized carbons (Fsp3) is 0.312. The highest BCUT2D eigenvalue weighted by Crippen LogP contribution is 2.27. The van der Waals surface area contributed by atoms with Crippen LogP contribution in [0.3, 0.4) is 0 Å². The lowest BCUT2D eigenvalue weighted by atomic mass is 10.2. The minimum atomic E-state index is -0.350. The fourth-order valence-electron chi connectivity index (χ4n) is 1.97. The molecule has 1 aromatic heterocycles. The van der Waals surface area contributed by atoms with E-state index in [4.69, 9.17) is 21.1 Å². The first kappa shape index (κ1) is 18.0. The molecule has 0 aliphatic rings. The average Bonchev–Trinajstić information content (AvgIpc) is 2.55. The summed E-state index contributed by atoms with van der Waals surface area (Å²) in [6, 6.07) is 6.61. The van der Waals surface area contributed by atoms with E-state index in [2.05, 4.69) is 20.6 Å². The monoisotopic (exact) mass is 350 g/mol. The number of ether oxygens (including phenoxy) is 2. The third-order valence-corrected chi connectivity index (χ3v) is 3.38. The van der Waals surface area contributed by atoms with Crippen LogP contribution in [0.25, 0.3) is 0 Å². The number of hydrogen-bond acceptors (Lipinski definition) is 6. The van der Waals surface area contributed by atoms with Crippen LogP contribution >= 0.6 is 11.6 Å². The Balaban J connectivity index is 2.12. The molecule has 8 heteroatoms. The summed E-state index contributed by atoms with van der Waals surface area (Å²) in [5.41, 5.74) is 1.49. The molecule has 0 aliphatic carbocycles. The molecule has 0 aliphatic heterocycles. The molecule has 0 atom stereocenters. The molecule has 7 nitrogen and oxygen atoms in total. The van der Waals surface area contributed by atoms with Crippen molar-refractivity contribution in [2.24, 2.45) is 0 Å². The van der Waals surface area contributed by atoms with Crippen LogP contribution in [-0.2, 0) is 4.74 Å². The molecule has 0 unspecified atom stereocenters. The number of rotatable bonds is 7. The summed E-state index contributed by atoms with van der Waals surface area (Å²) in [6.45, 7) is 2.86. The molecule has 0 saturated carbocycles. The van der Waals surface area contributed by atoms with Crippen molar-refractivity contribution in [2.75, 3.05) is 38.0 Å². The maximum absolute atomic E-state index is 12.4. The Labute approximate surface area is 145 Å². The molecule has 24 heavy (non-hydrogen) atoms. The Kier molecular flexibility index (Phi) is 6.34. The number of benzene rings is 1. The molecule has 0 radical (unpaired) electrons. The van der Waals surface area contributed by atoms with Gasteiger partial charge in [-0.15, -0.1) is 0 Å². The molecule has 2 rings (SSSR count). The topological polar surface area (TPSA) is 85.4 Å². The van der Waals surface area contributed by atoms with Crippen molar-refractivity contribution in [1.82, 2.24) is 9.97 Å². The van der Waals surface area contributed by atoms with E-state index in [9.17, 15) is 4.79 Å². The first-order valence-corrected chi connectivity index (χ1v) is 7.64. The van der Waals surface area contributed by atoms with Gasteiger partial charge in [-0.2, -0.15) is 0 Å². The lowest BCUT2D eigenvalue weighted by Gasteiger charge is -2.10. The summed E-state index contributed by atoms with van der Waals surface area (Å²) in [6.07, 6.45) is 0. The van der Waals surface area contributed by atoms with Crippen LogP contribution in [0.4, 0.5) is 11.6 Å². The van der Waals surface area contributed by atoms with Gasteiger partial charge in [-0.3, -0.25) is 4.79 Å². The van der Waals surface area contributed by atoms with Crippen LogP contribution in [-0.4, -0.2) is 43.2 Å². The third-order valence-electron chi connectivity index (χ3n) is 3.09. The molecular formula is C16H19ClN4O3. The summed E-state index contributed by atoms with van der Waals surface area (Å²) in [5.74, 6) is 0.568. The van der Waals surface area contributed by atoms with Gasteiger partial charge in [0.1, 0.15) is 11.4 Å². The van der Waals surface area contributed by atoms with Crippen molar-refractivity contribution in [1.29, 1.82) is 0 Å². The van der Waals surface area contributed by atoms with Gasteiger partial charge in [0.25, 0.3) is 5.91 Å². The fourth-order valence-corrected chi connectivity index (χ4v) is 2.23.